The second kappa shape index (κ2) is 5.54. The first-order valence-electron chi connectivity index (χ1n) is 5.70. The Balaban J connectivity index is 2.92. The first kappa shape index (κ1) is 12.6. The normalized spacial score (nSPS) is 10.0. The summed E-state index contributed by atoms with van der Waals surface area (Å²) in [4.78, 5) is 13.4. The molecule has 0 aromatic heterocycles. The van der Waals surface area contributed by atoms with Crippen LogP contribution in [0.15, 0.2) is 18.2 Å². The van der Waals surface area contributed by atoms with Crippen LogP contribution in [0.3, 0.4) is 0 Å². The number of carbonyl (C=O) groups excluding carboxylic acids is 1. The molecule has 0 radical (unpaired) electrons. The molecular weight excluding hydrogens is 200 g/mol. The Morgan fingerprint density at radius 3 is 2.62 bits per heavy atom. The van der Waals surface area contributed by atoms with Crippen molar-refractivity contribution in [1.82, 2.24) is 4.90 Å². The van der Waals surface area contributed by atoms with Gasteiger partial charge >= 0.3 is 6.03 Å². The first-order valence-corrected chi connectivity index (χ1v) is 5.70. The van der Waals surface area contributed by atoms with Crippen LogP contribution in [-0.2, 0) is 6.42 Å². The third-order valence-electron chi connectivity index (χ3n) is 2.79. The van der Waals surface area contributed by atoms with Gasteiger partial charge in [-0.3, -0.25) is 0 Å². The van der Waals surface area contributed by atoms with E-state index in [9.17, 15) is 4.79 Å². The number of urea groups is 1. The molecule has 1 aromatic carbocycles. The molecular formula is C13H20N2O. The maximum absolute atomic E-state index is 11.8. The topological polar surface area (TPSA) is 32.3 Å². The summed E-state index contributed by atoms with van der Waals surface area (Å²) in [6.45, 7) is 6.77. The van der Waals surface area contributed by atoms with Crippen molar-refractivity contribution < 1.29 is 4.79 Å². The van der Waals surface area contributed by atoms with E-state index < -0.39 is 0 Å². The molecule has 0 saturated heterocycles. The quantitative estimate of drug-likeness (QED) is 0.834. The predicted molar refractivity (Wildman–Crippen MR) is 67.9 cm³/mol. The Morgan fingerprint density at radius 2 is 2.06 bits per heavy atom. The third kappa shape index (κ3) is 2.75. The average molecular weight is 220 g/mol. The highest BCUT2D eigenvalue weighted by molar-refractivity contribution is 5.90. The number of hydrogen-bond donors (Lipinski definition) is 1. The van der Waals surface area contributed by atoms with Crippen molar-refractivity contribution in [2.75, 3.05) is 18.9 Å². The molecule has 16 heavy (non-hydrogen) atoms. The number of amides is 2. The molecule has 0 aliphatic heterocycles. The van der Waals surface area contributed by atoms with E-state index in [4.69, 9.17) is 0 Å². The van der Waals surface area contributed by atoms with Gasteiger partial charge in [0.25, 0.3) is 0 Å². The van der Waals surface area contributed by atoms with E-state index in [2.05, 4.69) is 18.3 Å². The van der Waals surface area contributed by atoms with Gasteiger partial charge in [0, 0.05) is 19.3 Å². The van der Waals surface area contributed by atoms with Crippen LogP contribution in [0.2, 0.25) is 0 Å². The average Bonchev–Trinajstić information content (AvgIpc) is 2.30. The van der Waals surface area contributed by atoms with Gasteiger partial charge in [-0.2, -0.15) is 0 Å². The molecule has 0 aliphatic rings. The lowest BCUT2D eigenvalue weighted by Crippen LogP contribution is -2.31. The molecule has 1 N–H and O–H groups in total. The number of para-hydroxylation sites is 1. The van der Waals surface area contributed by atoms with Crippen molar-refractivity contribution in [3.05, 3.63) is 29.3 Å². The number of anilines is 1. The summed E-state index contributed by atoms with van der Waals surface area (Å²) in [6, 6.07) is 6.04. The maximum atomic E-state index is 11.8. The van der Waals surface area contributed by atoms with Crippen LogP contribution < -0.4 is 5.32 Å². The highest BCUT2D eigenvalue weighted by Gasteiger charge is 2.10. The first-order chi connectivity index (χ1) is 7.60. The fourth-order valence-electron chi connectivity index (χ4n) is 1.55. The number of nitrogens with one attached hydrogen (secondary N) is 1. The summed E-state index contributed by atoms with van der Waals surface area (Å²) < 4.78 is 0. The van der Waals surface area contributed by atoms with Gasteiger partial charge in [0.15, 0.2) is 0 Å². The van der Waals surface area contributed by atoms with Gasteiger partial charge in [0.1, 0.15) is 0 Å². The zero-order valence-electron chi connectivity index (χ0n) is 10.5. The Bertz CT molecular complexity index is 374. The van der Waals surface area contributed by atoms with Crippen LogP contribution in [0, 0.1) is 6.92 Å². The highest BCUT2D eigenvalue weighted by atomic mass is 16.2. The van der Waals surface area contributed by atoms with Crippen molar-refractivity contribution in [3.8, 4) is 0 Å². The van der Waals surface area contributed by atoms with Gasteiger partial charge in [-0.25, -0.2) is 4.79 Å². The Labute approximate surface area is 97.5 Å². The van der Waals surface area contributed by atoms with Crippen molar-refractivity contribution in [2.45, 2.75) is 27.2 Å². The summed E-state index contributed by atoms with van der Waals surface area (Å²) in [5, 5.41) is 2.97. The Morgan fingerprint density at radius 1 is 1.38 bits per heavy atom. The second-order valence-electron chi connectivity index (χ2n) is 3.91. The predicted octanol–water partition coefficient (Wildman–Crippen LogP) is 3.04. The number of carbonyl (C=O) groups is 1. The molecule has 0 bridgehead atoms. The molecule has 2 amide bonds. The van der Waals surface area contributed by atoms with Gasteiger partial charge in [0.2, 0.25) is 0 Å². The number of hydrogen-bond acceptors (Lipinski definition) is 1. The molecule has 1 aromatic rings. The summed E-state index contributed by atoms with van der Waals surface area (Å²) in [7, 11) is 1.79. The third-order valence-corrected chi connectivity index (χ3v) is 2.79. The Kier molecular flexibility index (Phi) is 4.35. The monoisotopic (exact) mass is 220 g/mol. The molecule has 3 heteroatoms. The molecule has 0 atom stereocenters. The molecule has 1 rings (SSSR count). The zero-order chi connectivity index (χ0) is 12.1. The minimum Gasteiger partial charge on any atom is -0.328 e. The van der Waals surface area contributed by atoms with Crippen LogP contribution in [0.4, 0.5) is 10.5 Å². The minimum atomic E-state index is -0.0495. The maximum Gasteiger partial charge on any atom is 0.321 e. The van der Waals surface area contributed by atoms with Crippen LogP contribution in [0.5, 0.6) is 0 Å². The van der Waals surface area contributed by atoms with Crippen molar-refractivity contribution in [3.63, 3.8) is 0 Å². The van der Waals surface area contributed by atoms with Crippen LogP contribution >= 0.6 is 0 Å². The van der Waals surface area contributed by atoms with E-state index in [-0.39, 0.29) is 6.03 Å². The molecule has 88 valence electrons. The van der Waals surface area contributed by atoms with Gasteiger partial charge < -0.3 is 10.2 Å². The summed E-state index contributed by atoms with van der Waals surface area (Å²) in [5.41, 5.74) is 3.24. The van der Waals surface area contributed by atoms with Crippen LogP contribution in [0.25, 0.3) is 0 Å². The lowest BCUT2D eigenvalue weighted by Gasteiger charge is -2.18. The molecule has 0 fully saturated rings. The lowest BCUT2D eigenvalue weighted by atomic mass is 10.1. The van der Waals surface area contributed by atoms with Gasteiger partial charge in [-0.1, -0.05) is 25.1 Å². The fourth-order valence-corrected chi connectivity index (χ4v) is 1.55. The number of nitrogens with zero attached hydrogens (tertiary/aromatic N) is 1. The summed E-state index contributed by atoms with van der Waals surface area (Å²) in [6.07, 6.45) is 0.924. The molecule has 3 nitrogen and oxygen atoms in total. The largest absolute Gasteiger partial charge is 0.328 e. The SMILES string of the molecule is CCc1cccc(C)c1NC(=O)N(C)CC. The van der Waals surface area contributed by atoms with Gasteiger partial charge in [-0.15, -0.1) is 0 Å². The van der Waals surface area contributed by atoms with E-state index in [0.29, 0.717) is 6.54 Å². The fraction of sp³-hybridized carbons (Fsp3) is 0.462. The molecule has 0 spiro atoms. The Hall–Kier alpha value is -1.51. The van der Waals surface area contributed by atoms with Crippen molar-refractivity contribution in [2.24, 2.45) is 0 Å². The molecule has 0 aliphatic carbocycles. The molecule has 0 saturated carbocycles. The van der Waals surface area contributed by atoms with E-state index in [0.717, 1.165) is 17.7 Å². The summed E-state index contributed by atoms with van der Waals surface area (Å²) >= 11 is 0. The van der Waals surface area contributed by atoms with Gasteiger partial charge in [-0.05, 0) is 31.4 Å². The second-order valence-corrected chi connectivity index (χ2v) is 3.91. The van der Waals surface area contributed by atoms with Crippen molar-refractivity contribution in [1.29, 1.82) is 0 Å². The van der Waals surface area contributed by atoms with Crippen LogP contribution in [-0.4, -0.2) is 24.5 Å². The van der Waals surface area contributed by atoms with E-state index >= 15 is 0 Å². The highest BCUT2D eigenvalue weighted by Crippen LogP contribution is 2.21. The molecule has 0 heterocycles. The number of aryl methyl sites for hydroxylation is 2. The van der Waals surface area contributed by atoms with Crippen molar-refractivity contribution >= 4 is 11.7 Å². The minimum absolute atomic E-state index is 0.0495. The van der Waals surface area contributed by atoms with E-state index in [1.54, 1.807) is 11.9 Å². The zero-order valence-corrected chi connectivity index (χ0v) is 10.5. The summed E-state index contributed by atoms with van der Waals surface area (Å²) in [5.74, 6) is 0. The number of rotatable bonds is 3. The molecule has 0 unspecified atom stereocenters. The standard InChI is InChI=1S/C13H20N2O/c1-5-11-9-7-8-10(3)12(11)14-13(16)15(4)6-2/h7-9H,5-6H2,1-4H3,(H,14,16). The van der Waals surface area contributed by atoms with Gasteiger partial charge in [0.05, 0.1) is 0 Å². The van der Waals surface area contributed by atoms with Crippen LogP contribution in [0.1, 0.15) is 25.0 Å². The lowest BCUT2D eigenvalue weighted by molar-refractivity contribution is 0.224. The smallest absolute Gasteiger partial charge is 0.321 e. The number of benzene rings is 1. The van der Waals surface area contributed by atoms with E-state index in [1.807, 2.05) is 26.0 Å². The van der Waals surface area contributed by atoms with E-state index in [1.165, 1.54) is 5.56 Å².